The van der Waals surface area contributed by atoms with E-state index in [-0.39, 0.29) is 19.1 Å². The van der Waals surface area contributed by atoms with Crippen molar-refractivity contribution < 1.29 is 30.0 Å². The molecule has 6 heteroatoms. The lowest BCUT2D eigenvalue weighted by Crippen LogP contribution is -2.13. The molecule has 6 nitrogen and oxygen atoms in total. The Morgan fingerprint density at radius 2 is 1.07 bits per heavy atom. The van der Waals surface area contributed by atoms with Crippen LogP contribution < -0.4 is 0 Å². The van der Waals surface area contributed by atoms with Gasteiger partial charge in [0, 0.05) is 19.1 Å². The highest BCUT2D eigenvalue weighted by atomic mass is 16.4. The Balaban J connectivity index is 0.000000376. The number of aliphatic hydroxyl groups is 2. The third-order valence-electron chi connectivity index (χ3n) is 3.36. The van der Waals surface area contributed by atoms with Gasteiger partial charge in [-0.15, -0.1) is 0 Å². The summed E-state index contributed by atoms with van der Waals surface area (Å²) in [6, 6.07) is 16.6. The van der Waals surface area contributed by atoms with E-state index in [2.05, 4.69) is 13.8 Å². The van der Waals surface area contributed by atoms with Crippen molar-refractivity contribution in [1.29, 1.82) is 0 Å². The Kier molecular flexibility index (Phi) is 13.0. The number of aromatic carboxylic acids is 2. The van der Waals surface area contributed by atoms with Crippen molar-refractivity contribution in [2.45, 2.75) is 20.3 Å². The highest BCUT2D eigenvalue weighted by molar-refractivity contribution is 5.87. The first-order chi connectivity index (χ1) is 12.8. The smallest absolute Gasteiger partial charge is 0.335 e. The quantitative estimate of drug-likeness (QED) is 0.614. The van der Waals surface area contributed by atoms with Crippen LogP contribution in [0.3, 0.4) is 0 Å². The van der Waals surface area contributed by atoms with Crippen molar-refractivity contribution in [2.75, 3.05) is 13.2 Å². The van der Waals surface area contributed by atoms with Crippen molar-refractivity contribution >= 4 is 11.9 Å². The number of rotatable bonds is 6. The first-order valence-corrected chi connectivity index (χ1v) is 8.60. The fraction of sp³-hybridized carbons (Fsp3) is 0.333. The Hall–Kier alpha value is -2.70. The zero-order chi connectivity index (χ0) is 20.7. The normalized spacial score (nSPS) is 9.70. The summed E-state index contributed by atoms with van der Waals surface area (Å²) < 4.78 is 0. The van der Waals surface area contributed by atoms with E-state index in [9.17, 15) is 9.59 Å². The van der Waals surface area contributed by atoms with Gasteiger partial charge in [-0.25, -0.2) is 9.59 Å². The van der Waals surface area contributed by atoms with Crippen molar-refractivity contribution in [2.24, 2.45) is 11.8 Å². The Labute approximate surface area is 159 Å². The third-order valence-corrected chi connectivity index (χ3v) is 3.36. The molecule has 0 aliphatic heterocycles. The lowest BCUT2D eigenvalue weighted by Gasteiger charge is -2.12. The molecule has 0 amide bonds. The molecule has 0 bridgehead atoms. The first-order valence-electron chi connectivity index (χ1n) is 8.60. The van der Waals surface area contributed by atoms with Gasteiger partial charge >= 0.3 is 11.9 Å². The van der Waals surface area contributed by atoms with Crippen LogP contribution in [0, 0.1) is 11.8 Å². The van der Waals surface area contributed by atoms with Crippen LogP contribution in [0.4, 0.5) is 0 Å². The molecule has 27 heavy (non-hydrogen) atoms. The Bertz CT molecular complexity index is 587. The average molecular weight is 376 g/mol. The van der Waals surface area contributed by atoms with Gasteiger partial charge in [-0.2, -0.15) is 0 Å². The van der Waals surface area contributed by atoms with Crippen LogP contribution in [0.2, 0.25) is 0 Å². The van der Waals surface area contributed by atoms with E-state index >= 15 is 0 Å². The SMILES string of the molecule is CC(C)CC(CO)CO.O=C(O)c1ccccc1.O=C(O)c1ccccc1. The summed E-state index contributed by atoms with van der Waals surface area (Å²) in [5.41, 5.74) is 0.662. The summed E-state index contributed by atoms with van der Waals surface area (Å²) in [5.74, 6) is -1.11. The molecule has 4 N–H and O–H groups in total. The average Bonchev–Trinajstić information content (AvgIpc) is 2.68. The molecule has 148 valence electrons. The molecule has 0 aromatic heterocycles. The fourth-order valence-corrected chi connectivity index (χ4v) is 2.03. The molecule has 0 fully saturated rings. The number of aliphatic hydroxyl groups excluding tert-OH is 2. The summed E-state index contributed by atoms with van der Waals surface area (Å²) in [6.45, 7) is 4.38. The monoisotopic (exact) mass is 376 g/mol. The predicted octanol–water partition coefficient (Wildman–Crippen LogP) is 3.40. The molecule has 0 saturated heterocycles. The van der Waals surface area contributed by atoms with Crippen LogP contribution in [-0.2, 0) is 0 Å². The molecule has 0 radical (unpaired) electrons. The minimum absolute atomic E-state index is 0.0880. The van der Waals surface area contributed by atoms with Gasteiger partial charge in [0.2, 0.25) is 0 Å². The molecular formula is C21H28O6. The minimum Gasteiger partial charge on any atom is -0.478 e. The molecule has 0 aliphatic carbocycles. The highest BCUT2D eigenvalue weighted by Gasteiger charge is 2.06. The summed E-state index contributed by atoms with van der Waals surface area (Å²) in [6.07, 6.45) is 0.910. The van der Waals surface area contributed by atoms with Crippen LogP contribution in [0.1, 0.15) is 41.0 Å². The van der Waals surface area contributed by atoms with Gasteiger partial charge in [-0.05, 0) is 36.6 Å². The van der Waals surface area contributed by atoms with Crippen LogP contribution in [0.5, 0.6) is 0 Å². The largest absolute Gasteiger partial charge is 0.478 e. The number of hydrogen-bond donors (Lipinski definition) is 4. The number of carboxylic acids is 2. The van der Waals surface area contributed by atoms with Gasteiger partial charge < -0.3 is 20.4 Å². The Morgan fingerprint density at radius 1 is 0.741 bits per heavy atom. The van der Waals surface area contributed by atoms with Gasteiger partial charge in [0.25, 0.3) is 0 Å². The molecule has 0 unspecified atom stereocenters. The fourth-order valence-electron chi connectivity index (χ4n) is 2.03. The predicted molar refractivity (Wildman–Crippen MR) is 104 cm³/mol. The highest BCUT2D eigenvalue weighted by Crippen LogP contribution is 2.09. The maximum Gasteiger partial charge on any atom is 0.335 e. The van der Waals surface area contributed by atoms with Gasteiger partial charge in [0.05, 0.1) is 11.1 Å². The van der Waals surface area contributed by atoms with Crippen molar-refractivity contribution in [3.05, 3.63) is 71.8 Å². The molecule has 0 saturated carbocycles. The van der Waals surface area contributed by atoms with E-state index in [0.29, 0.717) is 17.0 Å². The summed E-state index contributed by atoms with van der Waals surface area (Å²) >= 11 is 0. The van der Waals surface area contributed by atoms with Crippen LogP contribution >= 0.6 is 0 Å². The zero-order valence-corrected chi connectivity index (χ0v) is 15.7. The van der Waals surface area contributed by atoms with Crippen molar-refractivity contribution in [1.82, 2.24) is 0 Å². The molecule has 0 heterocycles. The van der Waals surface area contributed by atoms with Crippen LogP contribution in [-0.4, -0.2) is 45.6 Å². The van der Waals surface area contributed by atoms with Crippen molar-refractivity contribution in [3.8, 4) is 0 Å². The second-order valence-corrected chi connectivity index (χ2v) is 6.20. The number of benzene rings is 2. The second-order valence-electron chi connectivity index (χ2n) is 6.20. The van der Waals surface area contributed by atoms with Crippen molar-refractivity contribution in [3.63, 3.8) is 0 Å². The van der Waals surface area contributed by atoms with Gasteiger partial charge in [0.1, 0.15) is 0 Å². The zero-order valence-electron chi connectivity index (χ0n) is 15.7. The number of carbonyl (C=O) groups is 2. The molecule has 2 rings (SSSR count). The molecule has 0 aliphatic rings. The number of carboxylic acid groups (broad SMARTS) is 2. The van der Waals surface area contributed by atoms with E-state index in [1.165, 1.54) is 0 Å². The van der Waals surface area contributed by atoms with E-state index in [4.69, 9.17) is 20.4 Å². The molecule has 2 aromatic carbocycles. The lowest BCUT2D eigenvalue weighted by atomic mass is 9.99. The van der Waals surface area contributed by atoms with E-state index in [1.54, 1.807) is 60.7 Å². The number of hydrogen-bond acceptors (Lipinski definition) is 4. The van der Waals surface area contributed by atoms with Crippen LogP contribution in [0.25, 0.3) is 0 Å². The molecule has 2 aromatic rings. The molecular weight excluding hydrogens is 348 g/mol. The Morgan fingerprint density at radius 3 is 1.22 bits per heavy atom. The summed E-state index contributed by atoms with van der Waals surface area (Å²) in [5, 5.41) is 34.0. The lowest BCUT2D eigenvalue weighted by molar-refractivity contribution is 0.0686. The third kappa shape index (κ3) is 12.3. The maximum atomic E-state index is 10.2. The summed E-state index contributed by atoms with van der Waals surface area (Å²) in [7, 11) is 0. The van der Waals surface area contributed by atoms with E-state index in [1.807, 2.05) is 0 Å². The van der Waals surface area contributed by atoms with Gasteiger partial charge in [-0.3, -0.25) is 0 Å². The van der Waals surface area contributed by atoms with Crippen LogP contribution in [0.15, 0.2) is 60.7 Å². The first kappa shape index (κ1) is 24.3. The standard InChI is InChI=1S/2C7H6O2.C7H16O2/c2*8-7(9)6-4-2-1-3-5-6;1-6(2)3-7(4-8)5-9/h2*1-5H,(H,8,9);6-9H,3-5H2,1-2H3. The van der Waals surface area contributed by atoms with E-state index < -0.39 is 11.9 Å². The maximum absolute atomic E-state index is 10.2. The molecule has 0 atom stereocenters. The minimum atomic E-state index is -0.879. The van der Waals surface area contributed by atoms with E-state index in [0.717, 1.165) is 6.42 Å². The van der Waals surface area contributed by atoms with Gasteiger partial charge in [0.15, 0.2) is 0 Å². The topological polar surface area (TPSA) is 115 Å². The summed E-state index contributed by atoms with van der Waals surface area (Å²) in [4.78, 5) is 20.4. The second kappa shape index (κ2) is 14.5. The van der Waals surface area contributed by atoms with Gasteiger partial charge in [-0.1, -0.05) is 50.2 Å². The molecule has 0 spiro atoms.